The number of hydrogen-bond donors (Lipinski definition) is 15. The molecule has 6 aliphatic rings. The van der Waals surface area contributed by atoms with Crippen LogP contribution >= 0.6 is 34.4 Å². The molecule has 6 aliphatic heterocycles. The average Bonchev–Trinajstić information content (AvgIpc) is 1.64. The van der Waals surface area contributed by atoms with E-state index in [1.807, 2.05) is 13.3 Å². The van der Waals surface area contributed by atoms with Crippen molar-refractivity contribution < 1.29 is 93.9 Å². The number of hydrogen-bond acceptors (Lipinski definition) is 28. The number of aryl methyl sites for hydroxylation is 1. The van der Waals surface area contributed by atoms with Crippen LogP contribution in [-0.2, 0) is 58.0 Å². The fourth-order valence-corrected chi connectivity index (χ4v) is 17.9. The lowest BCUT2D eigenvalue weighted by Gasteiger charge is -2.34. The molecule has 10 heterocycles. The van der Waals surface area contributed by atoms with Crippen molar-refractivity contribution in [3.8, 4) is 5.75 Å². The number of nitrogens with zero attached hydrogens (tertiary/aromatic N) is 5. The van der Waals surface area contributed by atoms with Crippen molar-refractivity contribution in [2.45, 2.75) is 195 Å². The molecular formula is C76H123N10O27P5. The van der Waals surface area contributed by atoms with Gasteiger partial charge in [0.1, 0.15) is 85.4 Å². The summed E-state index contributed by atoms with van der Waals surface area (Å²) in [5, 5.41) is 105. The first-order valence-corrected chi connectivity index (χ1v) is 53.5. The second-order valence-corrected chi connectivity index (χ2v) is 55.7. The molecule has 20 atom stereocenters. The fraction of sp³-hybridized carbons (Fsp3) is 0.632. The smallest absolute Gasteiger partial charge is 0.330 e. The summed E-state index contributed by atoms with van der Waals surface area (Å²) in [6.45, 7) is 23.9. The summed E-state index contributed by atoms with van der Waals surface area (Å²) in [6.07, 6.45) is 14.8. The van der Waals surface area contributed by atoms with Crippen molar-refractivity contribution in [1.29, 1.82) is 0 Å². The van der Waals surface area contributed by atoms with Crippen molar-refractivity contribution >= 4 is 83.4 Å². The minimum absolute atomic E-state index is 0.102. The maximum atomic E-state index is 12.1. The van der Waals surface area contributed by atoms with Gasteiger partial charge in [-0.2, -0.15) is 0 Å². The Morgan fingerprint density at radius 1 is 0.466 bits per heavy atom. The van der Waals surface area contributed by atoms with Gasteiger partial charge in [0.2, 0.25) is 5.75 Å². The van der Waals surface area contributed by atoms with E-state index in [1.165, 1.54) is 39.5 Å². The number of amides is 1. The Labute approximate surface area is 683 Å². The number of aromatic amines is 4. The molecule has 37 nitrogen and oxygen atoms in total. The number of carbonyl (C=O) groups excluding carboxylic acids is 3. The molecule has 10 rings (SSSR count). The standard InChI is InChI=1S/C16H25N2O7P.C16H25N2O6P.C15H25N2O5P.C15H25N2O4P.C14H23N2O5P/c1-9(19)8-24-11-7-18(16(23)17-14(11)22)15-13(21)12(20)10(25-15)5-6-26(2,3)4;1-9(19)7-10-8-18(16(23)17-14(10)22)15-13(21)12(20)11(24-15)5-6-25(2,3)4;1-5-9-8-17(15(21)16-13(9)20)14-12(19)11(18)10(22-14)6-7-23(2,3)4;1-9-8-17(10(2)16-14(9)20)15-13(19)12(18)11(21-15)6-7-22(3,4)5;1-16-13(19)8(7-15-14(16)20)12-11(18)10(17)9(21-12)5-6-22(2,3)4/h7,10,12-13,15,20-21H,2,5-6,8H2,1,3-4H3,(H,17,22,23);8,11-13,15,20-21H,2,5-7H2,1,3-4H3,(H,17,22,23);8,10-12,14,18-19H,2,5-7H2,1,3-4H3,(H,16,20,21);8,11-13,15,18-19H,2-3,6-7H2,1,4-5H3,(H,16,20);7,9-12,17-18H,2,5-6H2,1,3-4H3,(H,15,20)/t10-,12-,13-,15-;11-,12-,13-,15-;10-,11-,12-,14-;11-,12-,13-,15-;9-,10-,11-,12+/m11111/s1. The zero-order valence-corrected chi connectivity index (χ0v) is 74.2. The molecule has 0 bridgehead atoms. The lowest BCUT2D eigenvalue weighted by molar-refractivity contribution is -0.120. The van der Waals surface area contributed by atoms with E-state index in [9.17, 15) is 104 Å². The quantitative estimate of drug-likeness (QED) is 0.0305. The molecule has 5 saturated heterocycles. The van der Waals surface area contributed by atoms with E-state index >= 15 is 0 Å². The number of H-pyrrole nitrogens is 4. The summed E-state index contributed by atoms with van der Waals surface area (Å²) in [5.74, 6) is -0.678. The Kier molecular flexibility index (Phi) is 35.4. The van der Waals surface area contributed by atoms with Crippen LogP contribution in [0.3, 0.4) is 0 Å². The number of aliphatic hydroxyl groups is 10. The van der Waals surface area contributed by atoms with Gasteiger partial charge < -0.3 is 94.7 Å². The highest BCUT2D eigenvalue weighted by atomic mass is 31.2. The van der Waals surface area contributed by atoms with E-state index in [-0.39, 0.29) is 47.4 Å². The van der Waals surface area contributed by atoms with Gasteiger partial charge >= 0.3 is 22.8 Å². The first-order chi connectivity index (χ1) is 54.3. The largest absolute Gasteiger partial charge is 0.479 e. The number of aliphatic hydroxyl groups excluding tert-OH is 10. The Morgan fingerprint density at radius 3 is 1.18 bits per heavy atom. The van der Waals surface area contributed by atoms with Gasteiger partial charge in [0.15, 0.2) is 30.7 Å². The van der Waals surface area contributed by atoms with Crippen molar-refractivity contribution in [1.82, 2.24) is 48.4 Å². The second kappa shape index (κ2) is 41.6. The van der Waals surface area contributed by atoms with Crippen LogP contribution in [-0.4, -0.2) is 345 Å². The number of ketones is 2. The summed E-state index contributed by atoms with van der Waals surface area (Å²) in [4.78, 5) is 139. The van der Waals surface area contributed by atoms with Crippen LogP contribution in [0.15, 0.2) is 87.3 Å². The van der Waals surface area contributed by atoms with Gasteiger partial charge in [0.25, 0.3) is 28.1 Å². The highest BCUT2D eigenvalue weighted by molar-refractivity contribution is 7.73. The number of nitrogens with one attached hydrogen (secondary N) is 5. The lowest BCUT2D eigenvalue weighted by Crippen LogP contribution is -2.47. The van der Waals surface area contributed by atoms with Gasteiger partial charge in [0, 0.05) is 55.0 Å². The van der Waals surface area contributed by atoms with E-state index < -0.39 is 202 Å². The van der Waals surface area contributed by atoms with Crippen LogP contribution in [0.4, 0.5) is 0 Å². The second-order valence-electron chi connectivity index (χ2n) is 34.1. The summed E-state index contributed by atoms with van der Waals surface area (Å²) in [7, 11) is 1.34. The molecule has 0 aromatic carbocycles. The zero-order valence-electron chi connectivity index (χ0n) is 69.8. The lowest BCUT2D eigenvalue weighted by atomic mass is 10.0. The van der Waals surface area contributed by atoms with Crippen LogP contribution in [0.5, 0.6) is 5.75 Å². The van der Waals surface area contributed by atoms with Crippen molar-refractivity contribution in [2.24, 2.45) is 7.05 Å². The number of Topliss-reactive ketones (excluding diaryl/α,β-unsaturated/α-hetero) is 2. The molecule has 42 heteroatoms. The zero-order chi connectivity index (χ0) is 89.3. The Morgan fingerprint density at radius 2 is 0.805 bits per heavy atom. The monoisotopic (exact) mass is 1760 g/mol. The summed E-state index contributed by atoms with van der Waals surface area (Å²) in [6, 6.07) is 0. The topological polar surface area (TPSA) is 544 Å². The van der Waals surface area contributed by atoms with Gasteiger partial charge in [-0.25, -0.2) is 19.2 Å². The maximum absolute atomic E-state index is 12.1. The van der Waals surface area contributed by atoms with Crippen LogP contribution in [0, 0.1) is 0 Å². The van der Waals surface area contributed by atoms with Gasteiger partial charge in [-0.05, 0) is 157 Å². The Hall–Kier alpha value is -6.49. The molecule has 0 aliphatic carbocycles. The number of aromatic nitrogens is 8. The van der Waals surface area contributed by atoms with Crippen molar-refractivity contribution in [2.75, 3.05) is 104 Å². The third-order valence-electron chi connectivity index (χ3n) is 19.9. The van der Waals surface area contributed by atoms with Gasteiger partial charge in [-0.3, -0.25) is 66.8 Å². The van der Waals surface area contributed by atoms with Gasteiger partial charge in [0.05, 0.1) is 42.3 Å². The van der Waals surface area contributed by atoms with Crippen LogP contribution in [0.2, 0.25) is 0 Å². The minimum atomic E-state index is -1.35. The molecule has 4 aromatic heterocycles. The molecule has 0 unspecified atom stereocenters. The highest BCUT2D eigenvalue weighted by Gasteiger charge is 2.50. The minimum Gasteiger partial charge on any atom is -0.479 e. The molecule has 664 valence electrons. The first-order valence-electron chi connectivity index (χ1n) is 38.2. The average molecular weight is 1760 g/mol. The van der Waals surface area contributed by atoms with E-state index in [0.29, 0.717) is 55.5 Å². The van der Waals surface area contributed by atoms with Crippen LogP contribution < -0.4 is 55.0 Å². The fourth-order valence-electron chi connectivity index (χ4n) is 13.1. The van der Waals surface area contributed by atoms with E-state index in [4.69, 9.17) is 28.4 Å². The SMILES string of the molecule is C=C1NC(=O)C(C)=CN1[C@@H]1O[C@H](CCP(=C)(C)C)[C@@H](O)[C@H]1O.C=P(C)(C)CC[C@H]1O[C@@H](c2c[nH]c(=O)n(C)c2=O)[C@H](O)[C@@H]1O.C=P(C)(C)CC[C@H]1O[C@@H](n2cc(CC(C)=O)c(=O)[nH]c2=O)[C@H](O)[C@@H]1O.C=P(C)(C)CC[C@H]1O[C@@H](n2cc(CC)c(=O)[nH]c2=O)[C@H](O)[C@@H]1O.C=P(C)(C)CC[C@H]1O[C@@H](n2cc(OCC(C)=O)c(=O)[nH]c2=O)[C@H](O)[C@@H]1O. The predicted molar refractivity (Wildman–Crippen MR) is 464 cm³/mol. The molecule has 1 amide bonds. The first kappa shape index (κ1) is 100. The Bertz CT molecular complexity index is 5030. The normalized spacial score (nSPS) is 28.4. The van der Waals surface area contributed by atoms with Gasteiger partial charge in [-0.1, -0.05) is 13.5 Å². The van der Waals surface area contributed by atoms with Crippen LogP contribution in [0.1, 0.15) is 101 Å². The van der Waals surface area contributed by atoms with E-state index in [1.54, 1.807) is 24.9 Å². The molecule has 0 radical (unpaired) electrons. The molecule has 118 heavy (non-hydrogen) atoms. The predicted octanol–water partition coefficient (Wildman–Crippen LogP) is -1.90. The van der Waals surface area contributed by atoms with Crippen molar-refractivity contribution in [3.63, 3.8) is 0 Å². The number of rotatable bonds is 26. The molecule has 15 N–H and O–H groups in total. The third-order valence-corrected chi connectivity index (χ3v) is 27.3. The molecule has 0 spiro atoms. The number of ether oxygens (including phenoxy) is 6. The third kappa shape index (κ3) is 27.8. The van der Waals surface area contributed by atoms with Crippen LogP contribution in [0.25, 0.3) is 0 Å². The van der Waals surface area contributed by atoms with E-state index in [2.05, 4.69) is 117 Å². The maximum Gasteiger partial charge on any atom is 0.330 e. The van der Waals surface area contributed by atoms with Gasteiger partial charge in [-0.15, -0.1) is 65.9 Å². The highest BCUT2D eigenvalue weighted by Crippen LogP contribution is 2.44. The van der Waals surface area contributed by atoms with Crippen molar-refractivity contribution in [3.05, 3.63) is 149 Å². The summed E-state index contributed by atoms with van der Waals surface area (Å²) >= 11 is 0. The summed E-state index contributed by atoms with van der Waals surface area (Å²) in [5.41, 5.74) is -4.04. The Balaban J connectivity index is 0.000000229. The molecule has 0 saturated carbocycles. The number of carbonyl (C=O) groups is 3. The summed E-state index contributed by atoms with van der Waals surface area (Å²) < 4.78 is 37.7. The molecule has 4 aromatic rings. The molecule has 5 fully saturated rings. The molecular weight excluding hydrogens is 1640 g/mol. The van der Waals surface area contributed by atoms with E-state index in [0.717, 1.165) is 55.3 Å².